The van der Waals surface area contributed by atoms with Gasteiger partial charge in [0.25, 0.3) is 5.56 Å². The van der Waals surface area contributed by atoms with Crippen molar-refractivity contribution in [3.8, 4) is 0 Å². The Morgan fingerprint density at radius 1 is 1.27 bits per heavy atom. The van der Waals surface area contributed by atoms with Crippen LogP contribution in [0, 0.1) is 0 Å². The molecule has 2 aromatic heterocycles. The van der Waals surface area contributed by atoms with E-state index in [1.807, 2.05) is 0 Å². The molecule has 1 aliphatic rings. The first-order chi connectivity index (χ1) is 12.4. The van der Waals surface area contributed by atoms with Gasteiger partial charge in [-0.25, -0.2) is 4.98 Å². The van der Waals surface area contributed by atoms with Gasteiger partial charge in [-0.2, -0.15) is 0 Å². The Morgan fingerprint density at radius 3 is 2.77 bits per heavy atom. The molecule has 10 heteroatoms. The zero-order valence-electron chi connectivity index (χ0n) is 14.1. The highest BCUT2D eigenvalue weighted by atomic mass is 16.4. The molecular weight excluding hydrogens is 342 g/mol. The number of nitrogens with one attached hydrogen (secondary N) is 3. The fraction of sp³-hybridized carbons (Fsp3) is 0.562. The molecule has 0 spiro atoms. The Balaban J connectivity index is 1.65. The van der Waals surface area contributed by atoms with Crippen molar-refractivity contribution in [1.82, 2.24) is 20.3 Å². The van der Waals surface area contributed by atoms with E-state index in [2.05, 4.69) is 20.3 Å². The average molecular weight is 365 g/mol. The van der Waals surface area contributed by atoms with Crippen molar-refractivity contribution in [2.24, 2.45) is 5.73 Å². The van der Waals surface area contributed by atoms with Crippen molar-refractivity contribution in [3.63, 3.8) is 0 Å². The van der Waals surface area contributed by atoms with Crippen molar-refractivity contribution in [2.45, 2.75) is 56.0 Å². The summed E-state index contributed by atoms with van der Waals surface area (Å²) in [6, 6.07) is -1.78. The highest BCUT2D eigenvalue weighted by Crippen LogP contribution is 2.32. The number of fused-ring (bicyclic) bond motifs is 1. The number of aromatic amines is 2. The second-order valence-corrected chi connectivity index (χ2v) is 6.66. The topological polar surface area (TPSA) is 177 Å². The first kappa shape index (κ1) is 18.5. The molecule has 0 aliphatic carbocycles. The van der Waals surface area contributed by atoms with E-state index in [0.717, 1.165) is 0 Å². The molecule has 142 valence electrons. The number of aliphatic hydroxyl groups is 2. The van der Waals surface area contributed by atoms with Crippen molar-refractivity contribution in [2.75, 3.05) is 0 Å². The molecule has 1 aliphatic heterocycles. The Morgan fingerprint density at radius 2 is 2.04 bits per heavy atom. The van der Waals surface area contributed by atoms with Gasteiger partial charge in [0.1, 0.15) is 23.2 Å². The van der Waals surface area contributed by atoms with E-state index >= 15 is 0 Å². The molecule has 0 amide bonds. The molecule has 0 unspecified atom stereocenters. The van der Waals surface area contributed by atoms with Crippen LogP contribution >= 0.6 is 0 Å². The molecule has 26 heavy (non-hydrogen) atoms. The van der Waals surface area contributed by atoms with Gasteiger partial charge >= 0.3 is 5.97 Å². The number of aliphatic hydroxyl groups excluding tert-OH is 2. The standard InChI is InChI=1S/C16H23N5O5/c17-8(16(25)26)3-1-2-4-9-13(22)14(23)11(21-9)7-5-18-12-10(7)19-6-20-15(12)24/h5-6,8-9,11,13-14,18,21-23H,1-4,17H2,(H,25,26)(H,19,20,24)/t8-,9+,11-,13+,14-/m0/s1. The lowest BCUT2D eigenvalue weighted by Crippen LogP contribution is -2.33. The summed E-state index contributed by atoms with van der Waals surface area (Å²) in [5.41, 5.74) is 6.55. The predicted molar refractivity (Wildman–Crippen MR) is 92.5 cm³/mol. The van der Waals surface area contributed by atoms with Crippen molar-refractivity contribution in [3.05, 3.63) is 28.4 Å². The number of carbonyl (C=O) groups is 1. The third kappa shape index (κ3) is 3.49. The van der Waals surface area contributed by atoms with Gasteiger partial charge in [-0.3, -0.25) is 9.59 Å². The molecule has 10 nitrogen and oxygen atoms in total. The van der Waals surface area contributed by atoms with Gasteiger partial charge in [0.15, 0.2) is 0 Å². The zero-order chi connectivity index (χ0) is 18.8. The summed E-state index contributed by atoms with van der Waals surface area (Å²) >= 11 is 0. The van der Waals surface area contributed by atoms with E-state index in [1.165, 1.54) is 6.33 Å². The molecular formula is C16H23N5O5. The van der Waals surface area contributed by atoms with Crippen LogP contribution in [0.1, 0.15) is 37.3 Å². The number of rotatable bonds is 7. The van der Waals surface area contributed by atoms with Gasteiger partial charge < -0.3 is 36.3 Å². The number of hydrogen-bond acceptors (Lipinski definition) is 7. The van der Waals surface area contributed by atoms with Crippen LogP contribution in [-0.2, 0) is 4.79 Å². The van der Waals surface area contributed by atoms with Crippen LogP contribution in [0.5, 0.6) is 0 Å². The SMILES string of the molecule is N[C@@H](CCCC[C@H]1N[C@@H](c2c[nH]c3c(=O)[nH]cnc23)[C@H](O)[C@@H]1O)C(=O)O. The maximum absolute atomic E-state index is 11.8. The van der Waals surface area contributed by atoms with E-state index in [9.17, 15) is 19.8 Å². The second kappa shape index (κ2) is 7.54. The number of aromatic nitrogens is 3. The maximum Gasteiger partial charge on any atom is 0.320 e. The minimum atomic E-state index is -1.04. The first-order valence-electron chi connectivity index (χ1n) is 8.55. The van der Waals surface area contributed by atoms with Gasteiger partial charge in [0.2, 0.25) is 0 Å². The number of carboxylic acids is 1. The monoisotopic (exact) mass is 365 g/mol. The number of carboxylic acid groups (broad SMARTS) is 1. The minimum Gasteiger partial charge on any atom is -0.480 e. The molecule has 0 saturated carbocycles. The van der Waals surface area contributed by atoms with E-state index in [1.54, 1.807) is 6.20 Å². The summed E-state index contributed by atoms with van der Waals surface area (Å²) in [7, 11) is 0. The first-order valence-corrected chi connectivity index (χ1v) is 8.55. The second-order valence-electron chi connectivity index (χ2n) is 6.66. The highest BCUT2D eigenvalue weighted by Gasteiger charge is 2.42. The number of nitrogens with two attached hydrogens (primary N) is 1. The third-order valence-corrected chi connectivity index (χ3v) is 4.93. The lowest BCUT2D eigenvalue weighted by molar-refractivity contribution is -0.138. The van der Waals surface area contributed by atoms with Crippen LogP contribution in [0.3, 0.4) is 0 Å². The largest absolute Gasteiger partial charge is 0.480 e. The van der Waals surface area contributed by atoms with Gasteiger partial charge in [0, 0.05) is 17.8 Å². The van der Waals surface area contributed by atoms with Crippen LogP contribution in [0.2, 0.25) is 0 Å². The minimum absolute atomic E-state index is 0.305. The quantitative estimate of drug-likeness (QED) is 0.304. The highest BCUT2D eigenvalue weighted by molar-refractivity contribution is 5.78. The summed E-state index contributed by atoms with van der Waals surface area (Å²) < 4.78 is 0. The maximum atomic E-state index is 11.8. The molecule has 1 saturated heterocycles. The number of hydrogen-bond donors (Lipinski definition) is 7. The summed E-state index contributed by atoms with van der Waals surface area (Å²) in [5.74, 6) is -1.03. The average Bonchev–Trinajstić information content (AvgIpc) is 3.15. The number of H-pyrrole nitrogens is 2. The van der Waals surface area contributed by atoms with Crippen molar-refractivity contribution >= 4 is 17.0 Å². The third-order valence-electron chi connectivity index (χ3n) is 4.93. The Kier molecular flexibility index (Phi) is 5.37. The molecule has 0 aromatic carbocycles. The van der Waals surface area contributed by atoms with Crippen LogP contribution in [-0.4, -0.2) is 60.5 Å². The zero-order valence-corrected chi connectivity index (χ0v) is 14.1. The normalized spacial score (nSPS) is 27.0. The molecule has 5 atom stereocenters. The number of aliphatic carboxylic acids is 1. The summed E-state index contributed by atoms with van der Waals surface area (Å²) in [6.45, 7) is 0. The van der Waals surface area contributed by atoms with E-state index < -0.39 is 30.3 Å². The number of unbranched alkanes of at least 4 members (excludes halogenated alkanes) is 1. The van der Waals surface area contributed by atoms with E-state index in [-0.39, 0.29) is 11.6 Å². The van der Waals surface area contributed by atoms with Crippen molar-refractivity contribution < 1.29 is 20.1 Å². The fourth-order valence-electron chi connectivity index (χ4n) is 3.45. The lowest BCUT2D eigenvalue weighted by Gasteiger charge is -2.15. The van der Waals surface area contributed by atoms with E-state index in [0.29, 0.717) is 42.3 Å². The molecule has 2 aromatic rings. The molecule has 8 N–H and O–H groups in total. The number of nitrogens with zero attached hydrogens (tertiary/aromatic N) is 1. The molecule has 3 rings (SSSR count). The molecule has 0 radical (unpaired) electrons. The fourth-order valence-corrected chi connectivity index (χ4v) is 3.45. The van der Waals surface area contributed by atoms with Gasteiger partial charge in [-0.1, -0.05) is 12.8 Å². The Labute approximate surface area is 148 Å². The van der Waals surface area contributed by atoms with Crippen LogP contribution in [0.15, 0.2) is 17.3 Å². The molecule has 0 bridgehead atoms. The molecule has 1 fully saturated rings. The van der Waals surface area contributed by atoms with Crippen LogP contribution in [0.4, 0.5) is 0 Å². The van der Waals surface area contributed by atoms with Gasteiger partial charge in [-0.15, -0.1) is 0 Å². The van der Waals surface area contributed by atoms with Gasteiger partial charge in [-0.05, 0) is 12.8 Å². The summed E-state index contributed by atoms with van der Waals surface area (Å²) in [6.07, 6.45) is 3.10. The summed E-state index contributed by atoms with van der Waals surface area (Å²) in [4.78, 5) is 32.0. The smallest absolute Gasteiger partial charge is 0.320 e. The van der Waals surface area contributed by atoms with Crippen LogP contribution in [0.25, 0.3) is 11.0 Å². The Hall–Kier alpha value is -2.27. The van der Waals surface area contributed by atoms with Gasteiger partial charge in [0.05, 0.1) is 18.5 Å². The van der Waals surface area contributed by atoms with Crippen LogP contribution < -0.4 is 16.6 Å². The van der Waals surface area contributed by atoms with Crippen molar-refractivity contribution in [1.29, 1.82) is 0 Å². The lowest BCUT2D eigenvalue weighted by atomic mass is 9.99. The predicted octanol–water partition coefficient (Wildman–Crippen LogP) is -1.04. The Bertz CT molecular complexity index is 834. The molecule has 3 heterocycles. The van der Waals surface area contributed by atoms with E-state index in [4.69, 9.17) is 10.8 Å². The summed E-state index contributed by atoms with van der Waals surface area (Å²) in [5, 5.41) is 32.7.